The van der Waals surface area contributed by atoms with Crippen LogP contribution in [0.25, 0.3) is 0 Å². The predicted molar refractivity (Wildman–Crippen MR) is 83.8 cm³/mol. The van der Waals surface area contributed by atoms with Crippen molar-refractivity contribution in [1.82, 2.24) is 9.97 Å². The third-order valence-corrected chi connectivity index (χ3v) is 4.48. The van der Waals surface area contributed by atoms with Gasteiger partial charge in [0, 0.05) is 17.4 Å². The van der Waals surface area contributed by atoms with Crippen molar-refractivity contribution < 1.29 is 0 Å². The summed E-state index contributed by atoms with van der Waals surface area (Å²) in [6, 6.07) is 7.61. The van der Waals surface area contributed by atoms with E-state index in [1.165, 1.54) is 0 Å². The number of halogens is 2. The van der Waals surface area contributed by atoms with Crippen molar-refractivity contribution in [2.45, 2.75) is 25.2 Å². The van der Waals surface area contributed by atoms with E-state index in [1.54, 1.807) is 0 Å². The molecular weight excluding hydrogens is 375 g/mol. The summed E-state index contributed by atoms with van der Waals surface area (Å²) >= 11 is 7.95. The number of hydrogen-bond donors (Lipinski definition) is 1. The second kappa shape index (κ2) is 5.25. The van der Waals surface area contributed by atoms with Crippen LogP contribution in [0, 0.1) is 3.57 Å². The van der Waals surface area contributed by atoms with Crippen LogP contribution in [0.1, 0.15) is 35.8 Å². The monoisotopic (exact) mass is 386 g/mol. The third-order valence-electron chi connectivity index (χ3n) is 3.19. The number of aromatic nitrogens is 2. The lowest BCUT2D eigenvalue weighted by Gasteiger charge is -2.06. The molecule has 0 radical (unpaired) electrons. The van der Waals surface area contributed by atoms with E-state index in [0.29, 0.717) is 17.4 Å². The minimum Gasteiger partial charge on any atom is -0.309 e. The largest absolute Gasteiger partial charge is 0.309 e. The summed E-state index contributed by atoms with van der Waals surface area (Å²) in [6.45, 7) is 0. The van der Waals surface area contributed by atoms with Crippen LogP contribution in [0.4, 0.5) is 0 Å². The Morgan fingerprint density at radius 1 is 1.32 bits per heavy atom. The maximum absolute atomic E-state index is 11.9. The second-order valence-corrected chi connectivity index (χ2v) is 6.30. The van der Waals surface area contributed by atoms with Gasteiger partial charge in [-0.05, 0) is 53.1 Å². The van der Waals surface area contributed by atoms with E-state index in [9.17, 15) is 4.79 Å². The molecule has 0 amide bonds. The van der Waals surface area contributed by atoms with Gasteiger partial charge in [-0.3, -0.25) is 4.79 Å². The second-order valence-electron chi connectivity index (χ2n) is 4.79. The highest BCUT2D eigenvalue weighted by molar-refractivity contribution is 14.1. The van der Waals surface area contributed by atoms with Gasteiger partial charge in [0.15, 0.2) is 0 Å². The van der Waals surface area contributed by atoms with Gasteiger partial charge in [0.2, 0.25) is 0 Å². The molecule has 1 saturated carbocycles. The molecule has 1 aromatic heterocycles. The van der Waals surface area contributed by atoms with E-state index >= 15 is 0 Å². The van der Waals surface area contributed by atoms with Crippen LogP contribution in [0.2, 0.25) is 5.02 Å². The van der Waals surface area contributed by atoms with Crippen LogP contribution in [0.5, 0.6) is 0 Å². The van der Waals surface area contributed by atoms with Gasteiger partial charge in [-0.2, -0.15) is 0 Å². The molecule has 5 heteroatoms. The molecule has 1 N–H and O–H groups in total. The van der Waals surface area contributed by atoms with E-state index in [2.05, 4.69) is 32.6 Å². The lowest BCUT2D eigenvalue weighted by atomic mass is 10.1. The summed E-state index contributed by atoms with van der Waals surface area (Å²) in [6.07, 6.45) is 2.92. The Morgan fingerprint density at radius 2 is 2.00 bits per heavy atom. The zero-order chi connectivity index (χ0) is 13.4. The fourth-order valence-corrected chi connectivity index (χ4v) is 2.85. The average Bonchev–Trinajstić information content (AvgIpc) is 3.21. The maximum atomic E-state index is 11.9. The van der Waals surface area contributed by atoms with Crippen LogP contribution in [-0.2, 0) is 6.42 Å². The molecular formula is C14H12ClIN2O. The lowest BCUT2D eigenvalue weighted by Crippen LogP contribution is -2.18. The van der Waals surface area contributed by atoms with Gasteiger partial charge in [-0.1, -0.05) is 23.7 Å². The molecule has 2 aromatic rings. The van der Waals surface area contributed by atoms with Gasteiger partial charge in [0.25, 0.3) is 5.56 Å². The van der Waals surface area contributed by atoms with Crippen molar-refractivity contribution in [2.75, 3.05) is 0 Å². The first-order valence-corrected chi connectivity index (χ1v) is 7.62. The molecule has 1 aliphatic carbocycles. The molecule has 3 rings (SSSR count). The van der Waals surface area contributed by atoms with Crippen molar-refractivity contribution in [2.24, 2.45) is 0 Å². The van der Waals surface area contributed by atoms with Gasteiger partial charge in [-0.15, -0.1) is 0 Å². The summed E-state index contributed by atoms with van der Waals surface area (Å²) in [4.78, 5) is 19.4. The number of nitrogens with one attached hydrogen (secondary N) is 1. The minimum atomic E-state index is -0.0264. The van der Waals surface area contributed by atoms with E-state index in [0.717, 1.165) is 33.5 Å². The maximum Gasteiger partial charge on any atom is 0.264 e. The van der Waals surface area contributed by atoms with Gasteiger partial charge < -0.3 is 4.98 Å². The van der Waals surface area contributed by atoms with Gasteiger partial charge in [-0.25, -0.2) is 4.98 Å². The predicted octanol–water partition coefficient (Wildman–Crippen LogP) is 3.50. The molecule has 0 unspecified atom stereocenters. The molecule has 1 aliphatic rings. The normalized spacial score (nSPS) is 14.6. The summed E-state index contributed by atoms with van der Waals surface area (Å²) in [5.74, 6) is 1.22. The van der Waals surface area contributed by atoms with Crippen molar-refractivity contribution in [3.63, 3.8) is 0 Å². The minimum absolute atomic E-state index is 0.0264. The fourth-order valence-electron chi connectivity index (χ4n) is 2.03. The molecule has 1 heterocycles. The first-order valence-electron chi connectivity index (χ1n) is 6.16. The zero-order valence-corrected chi connectivity index (χ0v) is 13.0. The molecule has 0 bridgehead atoms. The van der Waals surface area contributed by atoms with Crippen molar-refractivity contribution in [1.29, 1.82) is 0 Å². The summed E-state index contributed by atoms with van der Waals surface area (Å²) in [7, 11) is 0. The van der Waals surface area contributed by atoms with Crippen LogP contribution >= 0.6 is 34.2 Å². The molecule has 0 saturated heterocycles. The first-order chi connectivity index (χ1) is 9.13. The van der Waals surface area contributed by atoms with Crippen LogP contribution in [0.15, 0.2) is 29.1 Å². The Hall–Kier alpha value is -0.880. The molecule has 1 fully saturated rings. The Morgan fingerprint density at radius 3 is 2.63 bits per heavy atom. The van der Waals surface area contributed by atoms with Gasteiger partial charge in [0.05, 0.1) is 9.26 Å². The van der Waals surface area contributed by atoms with Crippen LogP contribution in [0.3, 0.4) is 0 Å². The van der Waals surface area contributed by atoms with E-state index in [4.69, 9.17) is 11.6 Å². The molecule has 19 heavy (non-hydrogen) atoms. The number of rotatable bonds is 3. The van der Waals surface area contributed by atoms with Crippen molar-refractivity contribution in [3.8, 4) is 0 Å². The summed E-state index contributed by atoms with van der Waals surface area (Å²) < 4.78 is 0.736. The number of benzene rings is 1. The standard InChI is InChI=1S/C14H12ClIN2O/c15-10-5-1-8(2-6-10)7-11-17-13(9-3-4-9)12(16)14(19)18-11/h1-2,5-6,9H,3-4,7H2,(H,17,18,19). The highest BCUT2D eigenvalue weighted by Gasteiger charge is 2.28. The molecule has 0 aliphatic heterocycles. The third kappa shape index (κ3) is 3.00. The van der Waals surface area contributed by atoms with Gasteiger partial charge in [0.1, 0.15) is 5.82 Å². The average molecular weight is 387 g/mol. The Kier molecular flexibility index (Phi) is 3.62. The quantitative estimate of drug-likeness (QED) is 0.821. The lowest BCUT2D eigenvalue weighted by molar-refractivity contribution is 0.869. The number of hydrogen-bond acceptors (Lipinski definition) is 2. The summed E-state index contributed by atoms with van der Waals surface area (Å²) in [5.41, 5.74) is 2.03. The molecule has 0 spiro atoms. The van der Waals surface area contributed by atoms with Gasteiger partial charge >= 0.3 is 0 Å². The molecule has 3 nitrogen and oxygen atoms in total. The Bertz CT molecular complexity index is 662. The molecule has 0 atom stereocenters. The smallest absolute Gasteiger partial charge is 0.264 e. The van der Waals surface area contributed by atoms with Crippen LogP contribution in [-0.4, -0.2) is 9.97 Å². The van der Waals surface area contributed by atoms with Crippen molar-refractivity contribution in [3.05, 3.63) is 60.3 Å². The highest BCUT2D eigenvalue weighted by atomic mass is 127. The van der Waals surface area contributed by atoms with Crippen LogP contribution < -0.4 is 5.56 Å². The van der Waals surface area contributed by atoms with Crippen molar-refractivity contribution >= 4 is 34.2 Å². The first kappa shape index (κ1) is 13.1. The Labute approximate surface area is 129 Å². The summed E-state index contributed by atoms with van der Waals surface area (Å²) in [5, 5.41) is 0.714. The van der Waals surface area contributed by atoms with E-state index in [1.807, 2.05) is 24.3 Å². The van der Waals surface area contributed by atoms with E-state index in [-0.39, 0.29) is 5.56 Å². The number of nitrogens with zero attached hydrogens (tertiary/aromatic N) is 1. The SMILES string of the molecule is O=c1[nH]c(Cc2ccc(Cl)cc2)nc(C2CC2)c1I. The number of aromatic amines is 1. The topological polar surface area (TPSA) is 45.8 Å². The highest BCUT2D eigenvalue weighted by Crippen LogP contribution is 2.40. The number of H-pyrrole nitrogens is 1. The fraction of sp³-hybridized carbons (Fsp3) is 0.286. The molecule has 1 aromatic carbocycles. The zero-order valence-electron chi connectivity index (χ0n) is 10.1. The molecule has 98 valence electrons. The van der Waals surface area contributed by atoms with E-state index < -0.39 is 0 Å². The Balaban J connectivity index is 1.92.